The molecule has 4 aromatic rings. The second-order valence-corrected chi connectivity index (χ2v) is 14.2. The fourth-order valence-electron chi connectivity index (χ4n) is 5.50. The molecule has 0 saturated carbocycles. The van der Waals surface area contributed by atoms with Crippen molar-refractivity contribution in [2.75, 3.05) is 55.7 Å². The van der Waals surface area contributed by atoms with Gasteiger partial charge in [0.05, 0.1) is 21.8 Å². The van der Waals surface area contributed by atoms with Gasteiger partial charge in [0.15, 0.2) is 0 Å². The summed E-state index contributed by atoms with van der Waals surface area (Å²) in [5, 5.41) is 26.4. The minimum Gasteiger partial charge on any atom is -0.374 e. The highest BCUT2D eigenvalue weighted by molar-refractivity contribution is 7.99. The Labute approximate surface area is 274 Å². The average Bonchev–Trinajstić information content (AvgIpc) is 3.05. The first-order valence-corrected chi connectivity index (χ1v) is 17.8. The molecule has 1 aliphatic heterocycles. The van der Waals surface area contributed by atoms with Gasteiger partial charge in [0.1, 0.15) is 22.5 Å². The molecule has 0 amide bonds. The van der Waals surface area contributed by atoms with E-state index in [1.54, 1.807) is 36.0 Å². The fourth-order valence-corrected chi connectivity index (χ4v) is 7.25. The minimum absolute atomic E-state index is 0.131. The van der Waals surface area contributed by atoms with Crippen molar-refractivity contribution in [2.45, 2.75) is 42.1 Å². The first-order chi connectivity index (χ1) is 22.0. The number of hydrogen-bond acceptors (Lipinski definition) is 11. The number of piperazine rings is 1. The van der Waals surface area contributed by atoms with Crippen LogP contribution >= 0.6 is 11.8 Å². The molecule has 1 aromatic heterocycles. The summed E-state index contributed by atoms with van der Waals surface area (Å²) in [6.07, 6.45) is 1.97. The van der Waals surface area contributed by atoms with Crippen LogP contribution < -0.4 is 20.7 Å². The number of nitrogens with zero attached hydrogens (tertiary/aromatic N) is 5. The van der Waals surface area contributed by atoms with Crippen molar-refractivity contribution >= 4 is 49.8 Å². The number of benzene rings is 3. The van der Waals surface area contributed by atoms with Gasteiger partial charge >= 0.3 is 5.69 Å². The number of nitrogens with two attached hydrogens (primary N) is 1. The summed E-state index contributed by atoms with van der Waals surface area (Å²) in [6.45, 7) is 7.35. The van der Waals surface area contributed by atoms with Gasteiger partial charge in [-0.15, -0.1) is 11.8 Å². The van der Waals surface area contributed by atoms with E-state index in [1.807, 2.05) is 35.2 Å². The van der Waals surface area contributed by atoms with E-state index in [0.717, 1.165) is 11.4 Å². The van der Waals surface area contributed by atoms with Gasteiger partial charge in [-0.1, -0.05) is 36.4 Å². The Morgan fingerprint density at radius 2 is 1.80 bits per heavy atom. The van der Waals surface area contributed by atoms with Crippen LogP contribution in [-0.4, -0.2) is 85.8 Å². The molecule has 0 aliphatic carbocycles. The number of aromatic nitrogens is 2. The molecule has 1 atom stereocenters. The van der Waals surface area contributed by atoms with Crippen molar-refractivity contribution in [3.8, 4) is 11.3 Å². The van der Waals surface area contributed by atoms with E-state index in [-0.39, 0.29) is 33.6 Å². The minimum atomic E-state index is -4.44. The monoisotopic (exact) mass is 664 g/mol. The number of hydrogen-bond donors (Lipinski definition) is 3. The quantitative estimate of drug-likeness (QED) is 0.104. The molecule has 1 fully saturated rings. The lowest BCUT2D eigenvalue weighted by Crippen LogP contribution is -2.44. The summed E-state index contributed by atoms with van der Waals surface area (Å²) in [7, 11) is -2.38. The van der Waals surface area contributed by atoms with E-state index in [0.29, 0.717) is 61.0 Å². The van der Waals surface area contributed by atoms with E-state index in [2.05, 4.69) is 46.4 Å². The Kier molecular flexibility index (Phi) is 10.7. The van der Waals surface area contributed by atoms with E-state index < -0.39 is 14.9 Å². The van der Waals surface area contributed by atoms with Gasteiger partial charge in [0.2, 0.25) is 10.0 Å². The zero-order valence-corrected chi connectivity index (χ0v) is 27.9. The molecular formula is C32H40N8O4S2. The Balaban J connectivity index is 1.73. The summed E-state index contributed by atoms with van der Waals surface area (Å²) in [5.74, 6) is 0.622. The number of thioether (sulfide) groups is 1. The summed E-state index contributed by atoms with van der Waals surface area (Å²) in [5.41, 5.74) is 0.800. The SMILES string of the molecule is CC(C)N(C)CCC(CSc1ccccc1)Nc1c(N2CCNCC2)cc(S(N)(=O)=O)c(-c2ncnc3ccccc23)c1[N+](=O)[O-]. The van der Waals surface area contributed by atoms with Crippen LogP contribution in [0.15, 0.2) is 76.8 Å². The molecule has 3 aromatic carbocycles. The van der Waals surface area contributed by atoms with Crippen molar-refractivity contribution in [2.24, 2.45) is 5.14 Å². The van der Waals surface area contributed by atoms with Crippen molar-refractivity contribution in [3.05, 3.63) is 77.1 Å². The molecule has 2 heterocycles. The number of fused-ring (bicyclic) bond motifs is 1. The van der Waals surface area contributed by atoms with Crippen LogP contribution in [0, 0.1) is 10.1 Å². The number of para-hydroxylation sites is 1. The van der Waals surface area contributed by atoms with Gasteiger partial charge < -0.3 is 20.4 Å². The highest BCUT2D eigenvalue weighted by atomic mass is 32.2. The lowest BCUT2D eigenvalue weighted by molar-refractivity contribution is -0.383. The predicted molar refractivity (Wildman–Crippen MR) is 185 cm³/mol. The van der Waals surface area contributed by atoms with Crippen molar-refractivity contribution in [1.29, 1.82) is 0 Å². The molecular weight excluding hydrogens is 625 g/mol. The van der Waals surface area contributed by atoms with Crippen molar-refractivity contribution < 1.29 is 13.3 Å². The summed E-state index contributed by atoms with van der Waals surface area (Å²) in [4.78, 5) is 26.4. The van der Waals surface area contributed by atoms with E-state index in [9.17, 15) is 18.5 Å². The first kappa shape index (κ1) is 33.5. The van der Waals surface area contributed by atoms with Crippen molar-refractivity contribution in [3.63, 3.8) is 0 Å². The number of rotatable bonds is 13. The van der Waals surface area contributed by atoms with E-state index in [4.69, 9.17) is 5.14 Å². The third-order valence-corrected chi connectivity index (χ3v) is 10.3. The van der Waals surface area contributed by atoms with Crippen molar-refractivity contribution in [1.82, 2.24) is 20.2 Å². The summed E-state index contributed by atoms with van der Waals surface area (Å²) in [6, 6.07) is 18.6. The predicted octanol–water partition coefficient (Wildman–Crippen LogP) is 4.57. The number of anilines is 2. The molecule has 4 N–H and O–H groups in total. The standard InChI is InChI=1S/C32H40N8O4S2/c1-22(2)38(3)16-13-23(20-45-24-9-5-4-6-10-24)37-31-27(39-17-14-34-15-18-39)19-28(46(33,43)44)29(32(31)40(41)42)30-25-11-7-8-12-26(25)35-21-36-30/h4-12,19,21-23,34,37H,13-18,20H2,1-3H3,(H2,33,43,44). The Morgan fingerprint density at radius 1 is 1.11 bits per heavy atom. The maximum absolute atomic E-state index is 13.3. The third-order valence-electron chi connectivity index (χ3n) is 8.23. The van der Waals surface area contributed by atoms with Gasteiger partial charge in [0.25, 0.3) is 0 Å². The van der Waals surface area contributed by atoms with E-state index >= 15 is 0 Å². The molecule has 14 heteroatoms. The van der Waals surface area contributed by atoms with Gasteiger partial charge in [0, 0.05) is 60.8 Å². The van der Waals surface area contributed by atoms with Gasteiger partial charge in [-0.25, -0.2) is 23.5 Å². The van der Waals surface area contributed by atoms with Crippen LogP contribution in [0.4, 0.5) is 17.1 Å². The Hall–Kier alpha value is -3.82. The number of nitrogens with one attached hydrogen (secondary N) is 2. The van der Waals surface area contributed by atoms with E-state index in [1.165, 1.54) is 12.4 Å². The highest BCUT2D eigenvalue weighted by Gasteiger charge is 2.36. The van der Waals surface area contributed by atoms with Crippen LogP contribution in [0.5, 0.6) is 0 Å². The second-order valence-electron chi connectivity index (χ2n) is 11.6. The molecule has 1 unspecified atom stereocenters. The summed E-state index contributed by atoms with van der Waals surface area (Å²) < 4.78 is 26.5. The molecule has 0 bridgehead atoms. The molecule has 0 spiro atoms. The molecule has 1 aliphatic rings. The Bertz CT molecular complexity index is 1780. The topological polar surface area (TPSA) is 160 Å². The maximum atomic E-state index is 13.3. The average molecular weight is 665 g/mol. The highest BCUT2D eigenvalue weighted by Crippen LogP contribution is 2.48. The van der Waals surface area contributed by atoms with Gasteiger partial charge in [-0.05, 0) is 51.6 Å². The van der Waals surface area contributed by atoms with Gasteiger partial charge in [-0.2, -0.15) is 0 Å². The second kappa shape index (κ2) is 14.7. The van der Waals surface area contributed by atoms with Gasteiger partial charge in [-0.3, -0.25) is 10.1 Å². The smallest absolute Gasteiger partial charge is 0.305 e. The number of primary sulfonamides is 1. The lowest BCUT2D eigenvalue weighted by Gasteiger charge is -2.33. The van der Waals surface area contributed by atoms with Crippen LogP contribution in [0.1, 0.15) is 20.3 Å². The number of sulfonamides is 1. The molecule has 46 heavy (non-hydrogen) atoms. The lowest BCUT2D eigenvalue weighted by atomic mass is 10.0. The molecule has 244 valence electrons. The third kappa shape index (κ3) is 7.76. The van der Waals surface area contributed by atoms with Crippen LogP contribution in [0.25, 0.3) is 22.2 Å². The largest absolute Gasteiger partial charge is 0.374 e. The molecule has 5 rings (SSSR count). The fraction of sp³-hybridized carbons (Fsp3) is 0.375. The number of nitro benzene ring substituents is 1. The van der Waals surface area contributed by atoms with Crippen LogP contribution in [0.2, 0.25) is 0 Å². The van der Waals surface area contributed by atoms with Crippen LogP contribution in [0.3, 0.4) is 0 Å². The molecule has 12 nitrogen and oxygen atoms in total. The molecule has 0 radical (unpaired) electrons. The summed E-state index contributed by atoms with van der Waals surface area (Å²) >= 11 is 1.66. The number of nitro groups is 1. The zero-order valence-electron chi connectivity index (χ0n) is 26.2. The molecule has 1 saturated heterocycles. The maximum Gasteiger partial charge on any atom is 0.305 e. The Morgan fingerprint density at radius 3 is 2.48 bits per heavy atom. The normalized spacial score (nSPS) is 14.6. The zero-order chi connectivity index (χ0) is 32.8. The first-order valence-electron chi connectivity index (χ1n) is 15.2. The van der Waals surface area contributed by atoms with Crippen LogP contribution in [-0.2, 0) is 10.0 Å².